The van der Waals surface area contributed by atoms with Crippen LogP contribution in [0.2, 0.25) is 0 Å². The van der Waals surface area contributed by atoms with E-state index in [1.807, 2.05) is 42.5 Å². The maximum absolute atomic E-state index is 12.5. The van der Waals surface area contributed by atoms with Crippen LogP contribution in [0.4, 0.5) is 0 Å². The Bertz CT molecular complexity index is 1020. The molecule has 0 aromatic heterocycles. The van der Waals surface area contributed by atoms with E-state index < -0.39 is 0 Å². The van der Waals surface area contributed by atoms with Gasteiger partial charge < -0.3 is 9.47 Å². The van der Waals surface area contributed by atoms with Crippen molar-refractivity contribution in [2.45, 2.75) is 6.61 Å². The van der Waals surface area contributed by atoms with Gasteiger partial charge >= 0.3 is 0 Å². The molecule has 0 saturated heterocycles. The molecule has 3 aromatic rings. The normalized spacial score (nSPS) is 10.8. The zero-order chi connectivity index (χ0) is 19.8. The highest BCUT2D eigenvalue weighted by Gasteiger charge is 2.12. The Labute approximate surface area is 164 Å². The van der Waals surface area contributed by atoms with Gasteiger partial charge in [-0.1, -0.05) is 66.7 Å². The van der Waals surface area contributed by atoms with Crippen LogP contribution in [-0.4, -0.2) is 12.9 Å². The molecule has 0 unspecified atom stereocenters. The third-order valence-electron chi connectivity index (χ3n) is 4.14. The van der Waals surface area contributed by atoms with Gasteiger partial charge in [-0.2, -0.15) is 5.26 Å². The molecule has 138 valence electrons. The first kappa shape index (κ1) is 18.9. The number of hydrogen-bond donors (Lipinski definition) is 0. The Balaban J connectivity index is 1.81. The lowest BCUT2D eigenvalue weighted by atomic mass is 10.0. The zero-order valence-electron chi connectivity index (χ0n) is 15.5. The lowest BCUT2D eigenvalue weighted by Crippen LogP contribution is -2.01. The van der Waals surface area contributed by atoms with Gasteiger partial charge in [0.15, 0.2) is 11.5 Å². The van der Waals surface area contributed by atoms with Crippen molar-refractivity contribution in [2.24, 2.45) is 0 Å². The molecule has 0 atom stereocenters. The Morgan fingerprint density at radius 1 is 0.964 bits per heavy atom. The topological polar surface area (TPSA) is 59.3 Å². The number of nitrogens with zero attached hydrogens (tertiary/aromatic N) is 1. The second-order valence-electron chi connectivity index (χ2n) is 6.05. The van der Waals surface area contributed by atoms with Crippen LogP contribution in [0.3, 0.4) is 0 Å². The third-order valence-corrected chi connectivity index (χ3v) is 4.14. The van der Waals surface area contributed by atoms with Crippen LogP contribution in [0, 0.1) is 11.3 Å². The standard InChI is InChI=1S/C24H19NO3/c1-27-23-15-19(12-13-22(23)28-17-18-8-4-2-5-9-18)14-21(16-25)24(26)20-10-6-3-7-11-20/h2-15H,17H2,1H3. The molecule has 0 aliphatic rings. The van der Waals surface area contributed by atoms with Crippen LogP contribution in [0.15, 0.2) is 84.4 Å². The summed E-state index contributed by atoms with van der Waals surface area (Å²) in [5.41, 5.74) is 2.27. The molecule has 0 saturated carbocycles. The smallest absolute Gasteiger partial charge is 0.203 e. The van der Waals surface area contributed by atoms with Crippen LogP contribution in [0.5, 0.6) is 11.5 Å². The van der Waals surface area contributed by atoms with Crippen LogP contribution < -0.4 is 9.47 Å². The number of methoxy groups -OCH3 is 1. The van der Waals surface area contributed by atoms with Crippen LogP contribution in [0.1, 0.15) is 21.5 Å². The van der Waals surface area contributed by atoms with E-state index in [0.717, 1.165) is 5.56 Å². The van der Waals surface area contributed by atoms with Gasteiger partial charge in [0, 0.05) is 5.56 Å². The Morgan fingerprint density at radius 2 is 1.64 bits per heavy atom. The summed E-state index contributed by atoms with van der Waals surface area (Å²) in [7, 11) is 1.55. The summed E-state index contributed by atoms with van der Waals surface area (Å²) in [6.07, 6.45) is 1.55. The summed E-state index contributed by atoms with van der Waals surface area (Å²) in [6.45, 7) is 0.419. The quantitative estimate of drug-likeness (QED) is 0.332. The van der Waals surface area contributed by atoms with E-state index in [4.69, 9.17) is 9.47 Å². The molecule has 3 aromatic carbocycles. The number of carbonyl (C=O) groups is 1. The summed E-state index contributed by atoms with van der Waals surface area (Å²) in [5.74, 6) is 0.817. The number of ketones is 1. The van der Waals surface area contributed by atoms with E-state index in [1.165, 1.54) is 0 Å². The molecule has 0 radical (unpaired) electrons. The Hall–Kier alpha value is -3.84. The summed E-state index contributed by atoms with van der Waals surface area (Å²) in [4.78, 5) is 12.5. The van der Waals surface area contributed by atoms with Crippen molar-refractivity contribution in [3.63, 3.8) is 0 Å². The van der Waals surface area contributed by atoms with E-state index in [1.54, 1.807) is 55.7 Å². The average molecular weight is 369 g/mol. The molecule has 0 N–H and O–H groups in total. The number of nitriles is 1. The number of benzene rings is 3. The molecule has 0 bridgehead atoms. The van der Waals surface area contributed by atoms with E-state index in [9.17, 15) is 10.1 Å². The highest BCUT2D eigenvalue weighted by molar-refractivity contribution is 6.14. The predicted octanol–water partition coefficient (Wildman–Crippen LogP) is 5.06. The molecular weight excluding hydrogens is 350 g/mol. The Kier molecular flexibility index (Phi) is 6.22. The molecule has 0 aliphatic heterocycles. The van der Waals surface area contributed by atoms with Gasteiger partial charge in [0.25, 0.3) is 0 Å². The molecule has 0 aliphatic carbocycles. The maximum Gasteiger partial charge on any atom is 0.203 e. The molecule has 3 rings (SSSR count). The van der Waals surface area contributed by atoms with Crippen LogP contribution in [0.25, 0.3) is 6.08 Å². The second kappa shape index (κ2) is 9.20. The number of rotatable bonds is 7. The van der Waals surface area contributed by atoms with Crippen molar-refractivity contribution < 1.29 is 14.3 Å². The van der Waals surface area contributed by atoms with E-state index >= 15 is 0 Å². The monoisotopic (exact) mass is 369 g/mol. The first-order chi connectivity index (χ1) is 13.7. The molecular formula is C24H19NO3. The maximum atomic E-state index is 12.5. The summed E-state index contributed by atoms with van der Waals surface area (Å²) < 4.78 is 11.3. The number of ether oxygens (including phenoxy) is 2. The first-order valence-corrected chi connectivity index (χ1v) is 8.77. The molecule has 0 amide bonds. The SMILES string of the molecule is COc1cc(C=C(C#N)C(=O)c2ccccc2)ccc1OCc1ccccc1. The predicted molar refractivity (Wildman–Crippen MR) is 108 cm³/mol. The highest BCUT2D eigenvalue weighted by atomic mass is 16.5. The molecule has 0 fully saturated rings. The third kappa shape index (κ3) is 4.66. The lowest BCUT2D eigenvalue weighted by Gasteiger charge is -2.11. The van der Waals surface area contributed by atoms with Gasteiger partial charge in [0.05, 0.1) is 7.11 Å². The van der Waals surface area contributed by atoms with Gasteiger partial charge in [-0.15, -0.1) is 0 Å². The summed E-state index contributed by atoms with van der Waals surface area (Å²) >= 11 is 0. The van der Waals surface area contributed by atoms with Crippen LogP contribution >= 0.6 is 0 Å². The molecule has 0 heterocycles. The molecule has 28 heavy (non-hydrogen) atoms. The van der Waals surface area contributed by atoms with Gasteiger partial charge in [-0.25, -0.2) is 0 Å². The minimum absolute atomic E-state index is 0.0613. The molecule has 0 spiro atoms. The van der Waals surface area contributed by atoms with Crippen molar-refractivity contribution >= 4 is 11.9 Å². The zero-order valence-corrected chi connectivity index (χ0v) is 15.5. The number of allylic oxidation sites excluding steroid dienone is 1. The van der Waals surface area contributed by atoms with Crippen molar-refractivity contribution in [3.8, 4) is 17.6 Å². The van der Waals surface area contributed by atoms with E-state index in [2.05, 4.69) is 0 Å². The van der Waals surface area contributed by atoms with Crippen molar-refractivity contribution in [1.29, 1.82) is 5.26 Å². The van der Waals surface area contributed by atoms with E-state index in [-0.39, 0.29) is 11.4 Å². The highest BCUT2D eigenvalue weighted by Crippen LogP contribution is 2.30. The van der Waals surface area contributed by atoms with Crippen LogP contribution in [-0.2, 0) is 6.61 Å². The molecule has 4 heteroatoms. The van der Waals surface area contributed by atoms with Gasteiger partial charge in [0.1, 0.15) is 18.2 Å². The van der Waals surface area contributed by atoms with E-state index in [0.29, 0.717) is 29.2 Å². The lowest BCUT2D eigenvalue weighted by molar-refractivity contribution is 0.104. The Morgan fingerprint density at radius 3 is 2.29 bits per heavy atom. The summed E-state index contributed by atoms with van der Waals surface area (Å²) in [5, 5.41) is 9.42. The average Bonchev–Trinajstić information content (AvgIpc) is 2.77. The first-order valence-electron chi connectivity index (χ1n) is 8.77. The van der Waals surface area contributed by atoms with Gasteiger partial charge in [-0.3, -0.25) is 4.79 Å². The largest absolute Gasteiger partial charge is 0.493 e. The summed E-state index contributed by atoms with van der Waals surface area (Å²) in [6, 6.07) is 25.9. The second-order valence-corrected chi connectivity index (χ2v) is 6.05. The minimum Gasteiger partial charge on any atom is -0.493 e. The van der Waals surface area contributed by atoms with Crippen molar-refractivity contribution in [1.82, 2.24) is 0 Å². The fraction of sp³-hybridized carbons (Fsp3) is 0.0833. The minimum atomic E-state index is -0.313. The number of hydrogen-bond acceptors (Lipinski definition) is 4. The number of Topliss-reactive ketones (excluding diaryl/α,β-unsaturated/α-hetero) is 1. The number of carbonyl (C=O) groups excluding carboxylic acids is 1. The fourth-order valence-electron chi connectivity index (χ4n) is 2.69. The van der Waals surface area contributed by atoms with Gasteiger partial charge in [-0.05, 0) is 29.3 Å². The van der Waals surface area contributed by atoms with Gasteiger partial charge in [0.2, 0.25) is 5.78 Å². The molecule has 4 nitrogen and oxygen atoms in total. The van der Waals surface area contributed by atoms with Crippen molar-refractivity contribution in [3.05, 3.63) is 101 Å². The van der Waals surface area contributed by atoms with Crippen molar-refractivity contribution in [2.75, 3.05) is 7.11 Å². The fourth-order valence-corrected chi connectivity index (χ4v) is 2.69.